The van der Waals surface area contributed by atoms with Gasteiger partial charge in [-0.05, 0) is 47.5 Å². The summed E-state index contributed by atoms with van der Waals surface area (Å²) in [6.45, 7) is 0.0675. The standard InChI is InChI=1S/C26H22N2O4/c1-31-22-11-12-23-24(19-5-3-2-4-6-19)14-26(30)28(25(23)13-22)16-20(29)17-32-21-9-7-18(15-27)8-10-21/h2-14,20,29H,16-17H2,1H3/t20-/m0/s1. The summed E-state index contributed by atoms with van der Waals surface area (Å²) in [6, 6.07) is 25.6. The van der Waals surface area contributed by atoms with E-state index in [0.717, 1.165) is 16.5 Å². The zero-order chi connectivity index (χ0) is 22.5. The van der Waals surface area contributed by atoms with Crippen molar-refractivity contribution in [2.24, 2.45) is 0 Å². The molecule has 4 aromatic rings. The van der Waals surface area contributed by atoms with Crippen molar-refractivity contribution >= 4 is 10.9 Å². The Labute approximate surface area is 185 Å². The van der Waals surface area contributed by atoms with E-state index < -0.39 is 6.10 Å². The lowest BCUT2D eigenvalue weighted by Gasteiger charge is -2.18. The molecule has 6 nitrogen and oxygen atoms in total. The Morgan fingerprint density at radius 2 is 1.72 bits per heavy atom. The number of benzene rings is 3. The maximum atomic E-state index is 13.0. The van der Waals surface area contributed by atoms with Crippen molar-refractivity contribution in [2.75, 3.05) is 13.7 Å². The highest BCUT2D eigenvalue weighted by Crippen LogP contribution is 2.29. The molecule has 0 radical (unpaired) electrons. The predicted molar refractivity (Wildman–Crippen MR) is 123 cm³/mol. The average molecular weight is 426 g/mol. The molecule has 0 spiro atoms. The second-order valence-corrected chi connectivity index (χ2v) is 7.36. The van der Waals surface area contributed by atoms with Gasteiger partial charge < -0.3 is 19.1 Å². The number of pyridine rings is 1. The van der Waals surface area contributed by atoms with Gasteiger partial charge in [0.2, 0.25) is 0 Å². The van der Waals surface area contributed by atoms with E-state index in [9.17, 15) is 9.90 Å². The van der Waals surface area contributed by atoms with Crippen molar-refractivity contribution in [3.63, 3.8) is 0 Å². The number of aliphatic hydroxyl groups is 1. The quantitative estimate of drug-likeness (QED) is 0.483. The van der Waals surface area contributed by atoms with E-state index in [2.05, 4.69) is 0 Å². The number of rotatable bonds is 7. The molecule has 0 unspecified atom stereocenters. The van der Waals surface area contributed by atoms with Gasteiger partial charge in [0.1, 0.15) is 24.2 Å². The zero-order valence-corrected chi connectivity index (χ0v) is 17.6. The molecule has 0 aliphatic heterocycles. The summed E-state index contributed by atoms with van der Waals surface area (Å²) in [7, 11) is 1.57. The second kappa shape index (κ2) is 9.38. The molecule has 0 fully saturated rings. The summed E-state index contributed by atoms with van der Waals surface area (Å²) in [5.74, 6) is 1.17. The molecule has 0 saturated heterocycles. The van der Waals surface area contributed by atoms with Crippen LogP contribution in [0.25, 0.3) is 22.0 Å². The van der Waals surface area contributed by atoms with Gasteiger partial charge in [-0.15, -0.1) is 0 Å². The molecule has 0 amide bonds. The van der Waals surface area contributed by atoms with Crippen LogP contribution >= 0.6 is 0 Å². The number of hydrogen-bond acceptors (Lipinski definition) is 5. The first-order chi connectivity index (χ1) is 15.6. The van der Waals surface area contributed by atoms with E-state index in [0.29, 0.717) is 22.6 Å². The van der Waals surface area contributed by atoms with Crippen LogP contribution in [0.3, 0.4) is 0 Å². The number of hydrogen-bond donors (Lipinski definition) is 1. The van der Waals surface area contributed by atoms with Gasteiger partial charge in [0.05, 0.1) is 30.8 Å². The largest absolute Gasteiger partial charge is 0.497 e. The SMILES string of the molecule is COc1ccc2c(-c3ccccc3)cc(=O)n(C[C@H](O)COc3ccc(C#N)cc3)c2c1. The molecule has 0 saturated carbocycles. The van der Waals surface area contributed by atoms with Crippen LogP contribution in [0.2, 0.25) is 0 Å². The van der Waals surface area contributed by atoms with E-state index in [1.165, 1.54) is 4.57 Å². The number of nitriles is 1. The van der Waals surface area contributed by atoms with Crippen LogP contribution in [0.4, 0.5) is 0 Å². The maximum absolute atomic E-state index is 13.0. The highest BCUT2D eigenvalue weighted by Gasteiger charge is 2.15. The highest BCUT2D eigenvalue weighted by atomic mass is 16.5. The number of ether oxygens (including phenoxy) is 2. The third kappa shape index (κ3) is 4.48. The molecule has 3 aromatic carbocycles. The first-order valence-electron chi connectivity index (χ1n) is 10.2. The lowest BCUT2D eigenvalue weighted by molar-refractivity contribution is 0.0927. The van der Waals surface area contributed by atoms with Gasteiger partial charge in [-0.25, -0.2) is 0 Å². The molecule has 0 aliphatic carbocycles. The van der Waals surface area contributed by atoms with Crippen molar-refractivity contribution < 1.29 is 14.6 Å². The van der Waals surface area contributed by atoms with Crippen molar-refractivity contribution in [3.8, 4) is 28.7 Å². The molecule has 0 aliphatic rings. The Bertz CT molecular complexity index is 1320. The number of aliphatic hydroxyl groups excluding tert-OH is 1. The van der Waals surface area contributed by atoms with Crippen LogP contribution in [-0.4, -0.2) is 29.5 Å². The fourth-order valence-corrected chi connectivity index (χ4v) is 3.61. The van der Waals surface area contributed by atoms with E-state index in [-0.39, 0.29) is 18.7 Å². The summed E-state index contributed by atoms with van der Waals surface area (Å²) in [6.07, 6.45) is -0.916. The number of aromatic nitrogens is 1. The Morgan fingerprint density at radius 1 is 1.00 bits per heavy atom. The zero-order valence-electron chi connectivity index (χ0n) is 17.6. The number of fused-ring (bicyclic) bond motifs is 1. The molecule has 1 aromatic heterocycles. The van der Waals surface area contributed by atoms with Crippen LogP contribution in [0.5, 0.6) is 11.5 Å². The lowest BCUT2D eigenvalue weighted by Crippen LogP contribution is -2.30. The first kappa shape index (κ1) is 21.2. The summed E-state index contributed by atoms with van der Waals surface area (Å²) >= 11 is 0. The molecular weight excluding hydrogens is 404 g/mol. The summed E-state index contributed by atoms with van der Waals surface area (Å²) < 4.78 is 12.5. The topological polar surface area (TPSA) is 84.5 Å². The molecule has 1 atom stereocenters. The van der Waals surface area contributed by atoms with Crippen LogP contribution in [-0.2, 0) is 6.54 Å². The summed E-state index contributed by atoms with van der Waals surface area (Å²) in [4.78, 5) is 13.0. The van der Waals surface area contributed by atoms with E-state index >= 15 is 0 Å². The van der Waals surface area contributed by atoms with Crippen molar-refractivity contribution in [1.29, 1.82) is 5.26 Å². The third-order valence-electron chi connectivity index (χ3n) is 5.22. The smallest absolute Gasteiger partial charge is 0.251 e. The number of nitrogens with zero attached hydrogens (tertiary/aromatic N) is 2. The minimum Gasteiger partial charge on any atom is -0.497 e. The first-order valence-corrected chi connectivity index (χ1v) is 10.2. The fraction of sp³-hybridized carbons (Fsp3) is 0.154. The molecule has 1 heterocycles. The monoisotopic (exact) mass is 426 g/mol. The highest BCUT2D eigenvalue weighted by molar-refractivity contribution is 5.95. The third-order valence-corrected chi connectivity index (χ3v) is 5.22. The fourth-order valence-electron chi connectivity index (χ4n) is 3.61. The minimum absolute atomic E-state index is 0.00421. The molecule has 0 bridgehead atoms. The van der Waals surface area contributed by atoms with Crippen molar-refractivity contribution in [1.82, 2.24) is 4.57 Å². The van der Waals surface area contributed by atoms with Crippen molar-refractivity contribution in [2.45, 2.75) is 12.6 Å². The minimum atomic E-state index is -0.916. The molecule has 4 rings (SSSR count). The molecular formula is C26H22N2O4. The molecule has 6 heteroatoms. The van der Waals surface area contributed by atoms with Crippen molar-refractivity contribution in [3.05, 3.63) is 94.8 Å². The van der Waals surface area contributed by atoms with Crippen LogP contribution < -0.4 is 15.0 Å². The summed E-state index contributed by atoms with van der Waals surface area (Å²) in [5.41, 5.74) is 2.75. The van der Waals surface area contributed by atoms with Gasteiger partial charge in [0.15, 0.2) is 0 Å². The van der Waals surface area contributed by atoms with Gasteiger partial charge >= 0.3 is 0 Å². The second-order valence-electron chi connectivity index (χ2n) is 7.36. The Hall–Kier alpha value is -4.08. The van der Waals surface area contributed by atoms with E-state index in [4.69, 9.17) is 14.7 Å². The molecule has 32 heavy (non-hydrogen) atoms. The predicted octanol–water partition coefficient (Wildman–Crippen LogP) is 3.99. The van der Waals surface area contributed by atoms with E-state index in [1.54, 1.807) is 43.5 Å². The maximum Gasteiger partial charge on any atom is 0.251 e. The van der Waals surface area contributed by atoms with Crippen LogP contribution in [0.15, 0.2) is 83.7 Å². The van der Waals surface area contributed by atoms with Gasteiger partial charge in [0, 0.05) is 17.5 Å². The van der Waals surface area contributed by atoms with Gasteiger partial charge in [-0.1, -0.05) is 30.3 Å². The van der Waals surface area contributed by atoms with Gasteiger partial charge in [-0.2, -0.15) is 5.26 Å². The van der Waals surface area contributed by atoms with Crippen LogP contribution in [0.1, 0.15) is 5.56 Å². The normalized spacial score (nSPS) is 11.7. The number of methoxy groups -OCH3 is 1. The molecule has 1 N–H and O–H groups in total. The summed E-state index contributed by atoms with van der Waals surface area (Å²) in [5, 5.41) is 20.4. The lowest BCUT2D eigenvalue weighted by atomic mass is 10.0. The molecule has 160 valence electrons. The Kier molecular flexibility index (Phi) is 6.20. The average Bonchev–Trinajstić information content (AvgIpc) is 2.84. The Balaban J connectivity index is 1.65. The van der Waals surface area contributed by atoms with E-state index in [1.807, 2.05) is 48.5 Å². The van der Waals surface area contributed by atoms with Crippen LogP contribution in [0, 0.1) is 11.3 Å². The van der Waals surface area contributed by atoms with Gasteiger partial charge in [0.25, 0.3) is 5.56 Å². The van der Waals surface area contributed by atoms with Gasteiger partial charge in [-0.3, -0.25) is 4.79 Å². The Morgan fingerprint density at radius 3 is 2.41 bits per heavy atom.